The summed E-state index contributed by atoms with van der Waals surface area (Å²) in [6, 6.07) is 10.6. The number of rotatable bonds is 5. The number of hydrogen-bond acceptors (Lipinski definition) is 2. The summed E-state index contributed by atoms with van der Waals surface area (Å²) in [4.78, 5) is 4.33. The molecule has 2 aromatic carbocycles. The van der Waals surface area contributed by atoms with Gasteiger partial charge < -0.3 is 4.74 Å². The molecule has 0 aliphatic carbocycles. The van der Waals surface area contributed by atoms with E-state index in [0.29, 0.717) is 12.2 Å². The highest BCUT2D eigenvalue weighted by atomic mass is 19.1. The summed E-state index contributed by atoms with van der Waals surface area (Å²) in [5.41, 5.74) is 1.19. The molecule has 0 aliphatic heterocycles. The molecule has 0 fully saturated rings. The summed E-state index contributed by atoms with van der Waals surface area (Å²) in [5, 5.41) is 0. The summed E-state index contributed by atoms with van der Waals surface area (Å²) in [6.07, 6.45) is 1.65. The first-order valence-corrected chi connectivity index (χ1v) is 6.81. The molecular weight excluding hydrogens is 272 g/mol. The monoisotopic (exact) mass is 289 g/mol. The third-order valence-corrected chi connectivity index (χ3v) is 3.07. The SMILES string of the molecule is CCOc1ccccc1C=NC(C)c1ccc(F)cc1F. The smallest absolute Gasteiger partial charge is 0.131 e. The second kappa shape index (κ2) is 6.97. The van der Waals surface area contributed by atoms with Gasteiger partial charge in [0.2, 0.25) is 0 Å². The van der Waals surface area contributed by atoms with Crippen LogP contribution in [-0.4, -0.2) is 12.8 Å². The Bertz CT molecular complexity index is 640. The van der Waals surface area contributed by atoms with E-state index < -0.39 is 17.7 Å². The van der Waals surface area contributed by atoms with Gasteiger partial charge in [0.15, 0.2) is 0 Å². The Labute approximate surface area is 123 Å². The van der Waals surface area contributed by atoms with E-state index in [1.807, 2.05) is 31.2 Å². The Morgan fingerprint density at radius 1 is 1.19 bits per heavy atom. The summed E-state index contributed by atoms with van der Waals surface area (Å²) < 4.78 is 32.1. The molecule has 1 atom stereocenters. The van der Waals surface area contributed by atoms with Crippen LogP contribution < -0.4 is 4.74 Å². The standard InChI is InChI=1S/C17H17F2NO/c1-3-21-17-7-5-4-6-13(17)11-20-12(2)15-9-8-14(18)10-16(15)19/h4-12H,3H2,1-2H3. The van der Waals surface area contributed by atoms with E-state index in [1.165, 1.54) is 12.1 Å². The zero-order valence-electron chi connectivity index (χ0n) is 12.0. The molecule has 0 heterocycles. The van der Waals surface area contributed by atoms with Gasteiger partial charge in [-0.15, -0.1) is 0 Å². The topological polar surface area (TPSA) is 21.6 Å². The van der Waals surface area contributed by atoms with Gasteiger partial charge in [0.25, 0.3) is 0 Å². The first kappa shape index (κ1) is 15.2. The maximum Gasteiger partial charge on any atom is 0.131 e. The summed E-state index contributed by atoms with van der Waals surface area (Å²) in [5.74, 6) is -0.442. The average Bonchev–Trinajstić information content (AvgIpc) is 2.46. The molecule has 0 saturated carbocycles. The maximum atomic E-state index is 13.7. The van der Waals surface area contributed by atoms with Gasteiger partial charge in [0, 0.05) is 23.4 Å². The van der Waals surface area contributed by atoms with Crippen LogP contribution in [0.2, 0.25) is 0 Å². The lowest BCUT2D eigenvalue weighted by molar-refractivity contribution is 0.340. The van der Waals surface area contributed by atoms with Gasteiger partial charge in [-0.1, -0.05) is 18.2 Å². The fourth-order valence-electron chi connectivity index (χ4n) is 1.99. The Balaban J connectivity index is 2.20. The molecule has 2 rings (SSSR count). The van der Waals surface area contributed by atoms with E-state index >= 15 is 0 Å². The first-order chi connectivity index (χ1) is 10.1. The Morgan fingerprint density at radius 3 is 2.67 bits per heavy atom. The van der Waals surface area contributed by atoms with Crippen molar-refractivity contribution in [1.29, 1.82) is 0 Å². The molecule has 0 radical (unpaired) electrons. The van der Waals surface area contributed by atoms with Gasteiger partial charge in [-0.05, 0) is 32.0 Å². The third-order valence-electron chi connectivity index (χ3n) is 3.07. The van der Waals surface area contributed by atoms with E-state index in [-0.39, 0.29) is 0 Å². The molecule has 4 heteroatoms. The Morgan fingerprint density at radius 2 is 1.95 bits per heavy atom. The van der Waals surface area contributed by atoms with E-state index in [9.17, 15) is 8.78 Å². The molecule has 0 N–H and O–H groups in total. The molecule has 0 amide bonds. The van der Waals surface area contributed by atoms with Crippen LogP contribution in [0.4, 0.5) is 8.78 Å². The minimum absolute atomic E-state index is 0.363. The van der Waals surface area contributed by atoms with Crippen LogP contribution in [0.15, 0.2) is 47.5 Å². The highest BCUT2D eigenvalue weighted by molar-refractivity contribution is 5.83. The van der Waals surface area contributed by atoms with Crippen molar-refractivity contribution in [3.05, 3.63) is 65.2 Å². The quantitative estimate of drug-likeness (QED) is 0.740. The fraction of sp³-hybridized carbons (Fsp3) is 0.235. The zero-order chi connectivity index (χ0) is 15.2. The van der Waals surface area contributed by atoms with Gasteiger partial charge in [-0.2, -0.15) is 0 Å². The van der Waals surface area contributed by atoms with Crippen molar-refractivity contribution >= 4 is 6.21 Å². The Hall–Kier alpha value is -2.23. The second-order valence-electron chi connectivity index (χ2n) is 4.59. The molecule has 0 aliphatic rings. The van der Waals surface area contributed by atoms with Crippen molar-refractivity contribution in [3.8, 4) is 5.75 Å². The van der Waals surface area contributed by atoms with Crippen LogP contribution in [0.3, 0.4) is 0 Å². The normalized spacial score (nSPS) is 12.6. The van der Waals surface area contributed by atoms with Crippen LogP contribution in [0, 0.1) is 11.6 Å². The van der Waals surface area contributed by atoms with Crippen LogP contribution in [0.25, 0.3) is 0 Å². The molecule has 0 spiro atoms. The van der Waals surface area contributed by atoms with E-state index in [4.69, 9.17) is 4.74 Å². The zero-order valence-corrected chi connectivity index (χ0v) is 12.0. The third kappa shape index (κ3) is 3.88. The molecule has 21 heavy (non-hydrogen) atoms. The molecule has 1 unspecified atom stereocenters. The molecule has 0 aromatic heterocycles. The molecular formula is C17H17F2NO. The molecule has 0 saturated heterocycles. The predicted molar refractivity (Wildman–Crippen MR) is 80.0 cm³/mol. The van der Waals surface area contributed by atoms with Gasteiger partial charge in [0.05, 0.1) is 12.6 Å². The van der Waals surface area contributed by atoms with Crippen molar-refractivity contribution in [2.75, 3.05) is 6.61 Å². The van der Waals surface area contributed by atoms with Gasteiger partial charge in [0.1, 0.15) is 17.4 Å². The molecule has 2 aromatic rings. The van der Waals surface area contributed by atoms with Gasteiger partial charge in [-0.3, -0.25) is 4.99 Å². The predicted octanol–water partition coefficient (Wildman–Crippen LogP) is 4.54. The van der Waals surface area contributed by atoms with Gasteiger partial charge in [-0.25, -0.2) is 8.78 Å². The molecule has 110 valence electrons. The molecule has 2 nitrogen and oxygen atoms in total. The lowest BCUT2D eigenvalue weighted by atomic mass is 10.1. The largest absolute Gasteiger partial charge is 0.493 e. The lowest BCUT2D eigenvalue weighted by Gasteiger charge is -2.09. The minimum Gasteiger partial charge on any atom is -0.493 e. The number of halogens is 2. The Kier molecular flexibility index (Phi) is 5.04. The van der Waals surface area contributed by atoms with E-state index in [2.05, 4.69) is 4.99 Å². The summed E-state index contributed by atoms with van der Waals surface area (Å²) in [7, 11) is 0. The van der Waals surface area contributed by atoms with E-state index in [1.54, 1.807) is 13.1 Å². The van der Waals surface area contributed by atoms with Crippen LogP contribution >= 0.6 is 0 Å². The van der Waals surface area contributed by atoms with Crippen molar-refractivity contribution in [3.63, 3.8) is 0 Å². The number of nitrogens with zero attached hydrogens (tertiary/aromatic N) is 1. The van der Waals surface area contributed by atoms with Crippen LogP contribution in [0.1, 0.15) is 31.0 Å². The van der Waals surface area contributed by atoms with Crippen molar-refractivity contribution in [2.24, 2.45) is 4.99 Å². The van der Waals surface area contributed by atoms with Crippen molar-refractivity contribution < 1.29 is 13.5 Å². The lowest BCUT2D eigenvalue weighted by Crippen LogP contribution is -1.98. The highest BCUT2D eigenvalue weighted by Gasteiger charge is 2.10. The number of benzene rings is 2. The van der Waals surface area contributed by atoms with Crippen LogP contribution in [0.5, 0.6) is 5.75 Å². The maximum absolute atomic E-state index is 13.7. The summed E-state index contributed by atoms with van der Waals surface area (Å²) >= 11 is 0. The van der Waals surface area contributed by atoms with Crippen LogP contribution in [-0.2, 0) is 0 Å². The number of ether oxygens (including phenoxy) is 1. The first-order valence-electron chi connectivity index (χ1n) is 6.81. The second-order valence-corrected chi connectivity index (χ2v) is 4.59. The number of hydrogen-bond donors (Lipinski definition) is 0. The summed E-state index contributed by atoms with van der Waals surface area (Å²) in [6.45, 7) is 4.23. The van der Waals surface area contributed by atoms with E-state index in [0.717, 1.165) is 17.4 Å². The number of aliphatic imine (C=N–C) groups is 1. The molecule has 0 bridgehead atoms. The fourth-order valence-corrected chi connectivity index (χ4v) is 1.99. The van der Waals surface area contributed by atoms with Crippen molar-refractivity contribution in [1.82, 2.24) is 0 Å². The van der Waals surface area contributed by atoms with Gasteiger partial charge >= 0.3 is 0 Å². The number of para-hydroxylation sites is 1. The van der Waals surface area contributed by atoms with Crippen molar-refractivity contribution in [2.45, 2.75) is 19.9 Å². The minimum atomic E-state index is -0.589. The average molecular weight is 289 g/mol. The highest BCUT2D eigenvalue weighted by Crippen LogP contribution is 2.22.